The summed E-state index contributed by atoms with van der Waals surface area (Å²) in [7, 11) is 2.24. The first-order chi connectivity index (χ1) is 9.69. The van der Waals surface area contributed by atoms with Gasteiger partial charge in [-0.05, 0) is 69.4 Å². The van der Waals surface area contributed by atoms with Gasteiger partial charge >= 0.3 is 0 Å². The SMILES string of the molecule is CN1CCC(CN2CC3(CC(N=C/C=C\N)C3)C2)CC1. The maximum absolute atomic E-state index is 5.30. The molecule has 3 aliphatic rings. The molecule has 1 saturated carbocycles. The Morgan fingerprint density at radius 1 is 1.25 bits per heavy atom. The van der Waals surface area contributed by atoms with Gasteiger partial charge in [0, 0.05) is 25.8 Å². The monoisotopic (exact) mass is 276 g/mol. The molecule has 2 saturated heterocycles. The molecular formula is C16H28N4. The maximum Gasteiger partial charge on any atom is 0.0512 e. The molecule has 4 nitrogen and oxygen atoms in total. The summed E-state index contributed by atoms with van der Waals surface area (Å²) >= 11 is 0. The lowest BCUT2D eigenvalue weighted by atomic mass is 9.60. The molecule has 0 radical (unpaired) electrons. The van der Waals surface area contributed by atoms with E-state index in [1.165, 1.54) is 58.4 Å². The zero-order valence-corrected chi connectivity index (χ0v) is 12.7. The lowest BCUT2D eigenvalue weighted by Crippen LogP contribution is -2.64. The third kappa shape index (κ3) is 3.07. The van der Waals surface area contributed by atoms with Crippen molar-refractivity contribution in [1.82, 2.24) is 9.80 Å². The third-order valence-electron chi connectivity index (χ3n) is 5.30. The Balaban J connectivity index is 1.34. The summed E-state index contributed by atoms with van der Waals surface area (Å²) in [4.78, 5) is 9.66. The van der Waals surface area contributed by atoms with Gasteiger partial charge in [0.1, 0.15) is 0 Å². The van der Waals surface area contributed by atoms with E-state index in [9.17, 15) is 0 Å². The van der Waals surface area contributed by atoms with Gasteiger partial charge in [0.25, 0.3) is 0 Å². The van der Waals surface area contributed by atoms with E-state index in [0.29, 0.717) is 11.5 Å². The van der Waals surface area contributed by atoms with Crippen molar-refractivity contribution in [3.05, 3.63) is 12.3 Å². The van der Waals surface area contributed by atoms with E-state index in [1.807, 2.05) is 12.3 Å². The minimum atomic E-state index is 0.552. The standard InChI is InChI=1S/C16H28N4/c1-19-7-3-14(4-8-19)11-20-12-16(13-20)9-15(10-16)18-6-2-5-17/h2,5-6,14-15H,3-4,7-13,17H2,1H3/b5-2-,18-6?. The Hall–Kier alpha value is -0.870. The predicted octanol–water partition coefficient (Wildman–Crippen LogP) is 1.34. The zero-order chi connectivity index (χ0) is 14.0. The van der Waals surface area contributed by atoms with Crippen molar-refractivity contribution in [1.29, 1.82) is 0 Å². The Labute approximate surface area is 122 Å². The highest BCUT2D eigenvalue weighted by atomic mass is 15.2. The van der Waals surface area contributed by atoms with Gasteiger partial charge in [-0.2, -0.15) is 0 Å². The topological polar surface area (TPSA) is 44.9 Å². The molecule has 2 heterocycles. The first-order valence-electron chi connectivity index (χ1n) is 8.00. The summed E-state index contributed by atoms with van der Waals surface area (Å²) in [5.41, 5.74) is 5.92. The summed E-state index contributed by atoms with van der Waals surface area (Å²) < 4.78 is 0. The number of nitrogens with two attached hydrogens (primary N) is 1. The van der Waals surface area contributed by atoms with Gasteiger partial charge in [-0.1, -0.05) is 0 Å². The smallest absolute Gasteiger partial charge is 0.0512 e. The second-order valence-corrected chi connectivity index (χ2v) is 7.16. The lowest BCUT2D eigenvalue weighted by Gasteiger charge is -2.59. The molecule has 2 N–H and O–H groups in total. The molecule has 0 aromatic rings. The number of allylic oxidation sites excluding steroid dienone is 1. The zero-order valence-electron chi connectivity index (χ0n) is 12.7. The molecule has 0 aromatic carbocycles. The Morgan fingerprint density at radius 2 is 1.95 bits per heavy atom. The highest BCUT2D eigenvalue weighted by molar-refractivity contribution is 5.71. The largest absolute Gasteiger partial charge is 0.405 e. The van der Waals surface area contributed by atoms with E-state index in [0.717, 1.165) is 5.92 Å². The fraction of sp³-hybridized carbons (Fsp3) is 0.812. The highest BCUT2D eigenvalue weighted by Gasteiger charge is 2.52. The molecule has 1 aliphatic carbocycles. The first kappa shape index (κ1) is 14.1. The number of rotatable bonds is 4. The van der Waals surface area contributed by atoms with E-state index in [2.05, 4.69) is 21.8 Å². The molecular weight excluding hydrogens is 248 g/mol. The van der Waals surface area contributed by atoms with Crippen LogP contribution < -0.4 is 5.73 Å². The van der Waals surface area contributed by atoms with Crippen LogP contribution in [0, 0.1) is 11.3 Å². The minimum absolute atomic E-state index is 0.552. The molecule has 0 amide bonds. The van der Waals surface area contributed by atoms with Crippen LogP contribution in [0.5, 0.6) is 0 Å². The van der Waals surface area contributed by atoms with Crippen molar-refractivity contribution >= 4 is 6.21 Å². The minimum Gasteiger partial charge on any atom is -0.405 e. The van der Waals surface area contributed by atoms with Crippen molar-refractivity contribution in [2.45, 2.75) is 31.7 Å². The van der Waals surface area contributed by atoms with E-state index in [1.54, 1.807) is 6.20 Å². The molecule has 3 fully saturated rings. The van der Waals surface area contributed by atoms with Crippen LogP contribution in [-0.4, -0.2) is 61.8 Å². The van der Waals surface area contributed by atoms with Gasteiger partial charge < -0.3 is 15.5 Å². The normalized spacial score (nSPS) is 29.2. The summed E-state index contributed by atoms with van der Waals surface area (Å²) in [6, 6.07) is 0.552. The van der Waals surface area contributed by atoms with E-state index < -0.39 is 0 Å². The molecule has 1 spiro atoms. The second kappa shape index (κ2) is 5.86. The fourth-order valence-electron chi connectivity index (χ4n) is 4.17. The number of piperidine rings is 1. The van der Waals surface area contributed by atoms with Crippen LogP contribution in [0.4, 0.5) is 0 Å². The van der Waals surface area contributed by atoms with Crippen LogP contribution in [0.2, 0.25) is 0 Å². The summed E-state index contributed by atoms with van der Waals surface area (Å²) in [6.07, 6.45) is 10.6. The second-order valence-electron chi connectivity index (χ2n) is 7.16. The Morgan fingerprint density at radius 3 is 2.60 bits per heavy atom. The molecule has 0 atom stereocenters. The number of hydrogen-bond donors (Lipinski definition) is 1. The van der Waals surface area contributed by atoms with Gasteiger partial charge in [0.2, 0.25) is 0 Å². The van der Waals surface area contributed by atoms with Crippen LogP contribution in [0.3, 0.4) is 0 Å². The molecule has 0 aromatic heterocycles. The molecule has 3 rings (SSSR count). The quantitative estimate of drug-likeness (QED) is 0.788. The number of aliphatic imine (C=N–C) groups is 1. The van der Waals surface area contributed by atoms with Crippen LogP contribution >= 0.6 is 0 Å². The molecule has 0 unspecified atom stereocenters. The average molecular weight is 276 g/mol. The van der Waals surface area contributed by atoms with Gasteiger partial charge in [-0.15, -0.1) is 0 Å². The summed E-state index contributed by atoms with van der Waals surface area (Å²) in [6.45, 7) is 6.54. The van der Waals surface area contributed by atoms with Crippen molar-refractivity contribution in [2.75, 3.05) is 39.8 Å². The van der Waals surface area contributed by atoms with E-state index in [-0.39, 0.29) is 0 Å². The highest BCUT2D eigenvalue weighted by Crippen LogP contribution is 2.49. The van der Waals surface area contributed by atoms with E-state index >= 15 is 0 Å². The third-order valence-corrected chi connectivity index (χ3v) is 5.30. The lowest BCUT2D eigenvalue weighted by molar-refractivity contribution is -0.0789. The number of hydrogen-bond acceptors (Lipinski definition) is 4. The van der Waals surface area contributed by atoms with E-state index in [4.69, 9.17) is 5.73 Å². The van der Waals surface area contributed by atoms with Crippen LogP contribution in [0.25, 0.3) is 0 Å². The Bertz CT molecular complexity index is 368. The molecule has 0 bridgehead atoms. The summed E-state index contributed by atoms with van der Waals surface area (Å²) in [5, 5.41) is 0. The molecule has 4 heteroatoms. The fourth-order valence-corrected chi connectivity index (χ4v) is 4.17. The van der Waals surface area contributed by atoms with Crippen LogP contribution in [0.1, 0.15) is 25.7 Å². The van der Waals surface area contributed by atoms with Gasteiger partial charge in [-0.25, -0.2) is 0 Å². The number of likely N-dealkylation sites (tertiary alicyclic amines) is 2. The number of nitrogens with zero attached hydrogens (tertiary/aromatic N) is 3. The van der Waals surface area contributed by atoms with Gasteiger partial charge in [0.15, 0.2) is 0 Å². The van der Waals surface area contributed by atoms with Crippen molar-refractivity contribution < 1.29 is 0 Å². The van der Waals surface area contributed by atoms with Crippen molar-refractivity contribution in [2.24, 2.45) is 22.1 Å². The van der Waals surface area contributed by atoms with Gasteiger partial charge in [0.05, 0.1) is 6.04 Å². The summed E-state index contributed by atoms with van der Waals surface area (Å²) in [5.74, 6) is 0.937. The van der Waals surface area contributed by atoms with Gasteiger partial charge in [-0.3, -0.25) is 4.99 Å². The maximum atomic E-state index is 5.30. The van der Waals surface area contributed by atoms with Crippen LogP contribution in [-0.2, 0) is 0 Å². The molecule has 112 valence electrons. The molecule has 20 heavy (non-hydrogen) atoms. The van der Waals surface area contributed by atoms with Crippen molar-refractivity contribution in [3.63, 3.8) is 0 Å². The van der Waals surface area contributed by atoms with Crippen LogP contribution in [0.15, 0.2) is 17.3 Å². The Kier molecular flexibility index (Phi) is 4.13. The first-order valence-corrected chi connectivity index (χ1v) is 8.00. The predicted molar refractivity (Wildman–Crippen MR) is 83.9 cm³/mol. The molecule has 2 aliphatic heterocycles. The average Bonchev–Trinajstić information content (AvgIpc) is 2.35. The van der Waals surface area contributed by atoms with Crippen molar-refractivity contribution in [3.8, 4) is 0 Å².